The first-order valence-electron chi connectivity index (χ1n) is 11.9. The van der Waals surface area contributed by atoms with Crippen molar-refractivity contribution in [2.24, 2.45) is 11.1 Å². The van der Waals surface area contributed by atoms with Crippen LogP contribution in [0.1, 0.15) is 70.6 Å². The number of ether oxygens (including phenoxy) is 1. The van der Waals surface area contributed by atoms with Gasteiger partial charge in [0.05, 0.1) is 0 Å². The van der Waals surface area contributed by atoms with Gasteiger partial charge >= 0.3 is 5.97 Å². The second kappa shape index (κ2) is 9.60. The van der Waals surface area contributed by atoms with Crippen molar-refractivity contribution < 1.29 is 13.9 Å². The Balaban J connectivity index is 2.33. The standard InChI is InChI=1S/C28H38ClFN2O2/c1-17-10-8-9-11-19(17)23-24(25(33)34-27(5,6)7)32-22(15-26(2,3)4)28(23,16-31)20-14-18(29)12-13-21(20)30/h8-14,22-24,32H,15-16,31H2,1-7H3/t22-,23+,24+,28-/m0/s1. The molecule has 1 saturated heterocycles. The summed E-state index contributed by atoms with van der Waals surface area (Å²) in [5.41, 5.74) is 7.30. The SMILES string of the molecule is Cc1ccccc1[C@@H]1[C@H](C(=O)OC(C)(C)C)N[C@@H](CC(C)(C)C)[C@]1(CN)c1cc(Cl)ccc1F. The zero-order valence-electron chi connectivity index (χ0n) is 21.3. The fraction of sp³-hybridized carbons (Fsp3) is 0.536. The van der Waals surface area contributed by atoms with Crippen LogP contribution in [-0.2, 0) is 14.9 Å². The molecule has 186 valence electrons. The lowest BCUT2D eigenvalue weighted by Crippen LogP contribution is -2.50. The highest BCUT2D eigenvalue weighted by Crippen LogP contribution is 2.52. The fourth-order valence-electron chi connectivity index (χ4n) is 5.38. The molecule has 1 aliphatic heterocycles. The highest BCUT2D eigenvalue weighted by Gasteiger charge is 2.60. The topological polar surface area (TPSA) is 64.3 Å². The average Bonchev–Trinajstić information content (AvgIpc) is 3.02. The third-order valence-electron chi connectivity index (χ3n) is 6.66. The van der Waals surface area contributed by atoms with Crippen molar-refractivity contribution in [3.63, 3.8) is 0 Å². The maximum atomic E-state index is 15.6. The van der Waals surface area contributed by atoms with Crippen LogP contribution in [0.2, 0.25) is 5.02 Å². The number of rotatable bonds is 5. The summed E-state index contributed by atoms with van der Waals surface area (Å²) in [6, 6.07) is 11.5. The van der Waals surface area contributed by atoms with Crippen molar-refractivity contribution in [3.05, 3.63) is 70.0 Å². The number of hydrogen-bond donors (Lipinski definition) is 2. The quantitative estimate of drug-likeness (QED) is 0.515. The summed E-state index contributed by atoms with van der Waals surface area (Å²) in [6.45, 7) is 14.1. The molecule has 1 aliphatic rings. The second-order valence-electron chi connectivity index (χ2n) is 11.7. The molecule has 0 aliphatic carbocycles. The molecule has 0 bridgehead atoms. The van der Waals surface area contributed by atoms with Crippen LogP contribution in [0.5, 0.6) is 0 Å². The number of carbonyl (C=O) groups is 1. The number of nitrogens with one attached hydrogen (secondary N) is 1. The van der Waals surface area contributed by atoms with Crippen molar-refractivity contribution in [2.75, 3.05) is 6.54 Å². The van der Waals surface area contributed by atoms with E-state index < -0.39 is 23.0 Å². The van der Waals surface area contributed by atoms with Gasteiger partial charge in [-0.3, -0.25) is 4.79 Å². The Labute approximate surface area is 208 Å². The summed E-state index contributed by atoms with van der Waals surface area (Å²) < 4.78 is 21.4. The van der Waals surface area contributed by atoms with Gasteiger partial charge in [-0.2, -0.15) is 0 Å². The summed E-state index contributed by atoms with van der Waals surface area (Å²) in [5, 5.41) is 4.00. The Kier molecular flexibility index (Phi) is 7.52. The summed E-state index contributed by atoms with van der Waals surface area (Å²) in [5.74, 6) is -1.19. The zero-order valence-corrected chi connectivity index (χ0v) is 22.1. The molecule has 6 heteroatoms. The molecule has 0 spiro atoms. The van der Waals surface area contributed by atoms with Crippen LogP contribution in [0.25, 0.3) is 0 Å². The molecule has 3 rings (SSSR count). The smallest absolute Gasteiger partial charge is 0.324 e. The molecule has 34 heavy (non-hydrogen) atoms. The predicted octanol–water partition coefficient (Wildman–Crippen LogP) is 5.89. The molecule has 0 unspecified atom stereocenters. The van der Waals surface area contributed by atoms with Gasteiger partial charge in [-0.1, -0.05) is 56.6 Å². The van der Waals surface area contributed by atoms with Crippen LogP contribution in [0, 0.1) is 18.2 Å². The van der Waals surface area contributed by atoms with E-state index in [1.165, 1.54) is 6.07 Å². The number of nitrogens with two attached hydrogens (primary N) is 1. The third-order valence-corrected chi connectivity index (χ3v) is 6.89. The molecule has 2 aromatic carbocycles. The van der Waals surface area contributed by atoms with Gasteiger partial charge in [0, 0.05) is 28.9 Å². The fourth-order valence-corrected chi connectivity index (χ4v) is 5.55. The number of aryl methyl sites for hydroxylation is 1. The van der Waals surface area contributed by atoms with E-state index in [0.717, 1.165) is 11.1 Å². The normalized spacial score (nSPS) is 25.4. The van der Waals surface area contributed by atoms with Gasteiger partial charge in [-0.15, -0.1) is 0 Å². The maximum Gasteiger partial charge on any atom is 0.324 e. The molecule has 0 amide bonds. The molecule has 4 nitrogen and oxygen atoms in total. The number of halogens is 2. The minimum atomic E-state index is -0.921. The van der Waals surface area contributed by atoms with E-state index in [1.807, 2.05) is 52.0 Å². The first-order chi connectivity index (χ1) is 15.7. The highest BCUT2D eigenvalue weighted by molar-refractivity contribution is 6.30. The number of hydrogen-bond acceptors (Lipinski definition) is 4. The van der Waals surface area contributed by atoms with E-state index in [0.29, 0.717) is 17.0 Å². The molecule has 1 fully saturated rings. The molecular formula is C28H38ClFN2O2. The van der Waals surface area contributed by atoms with E-state index in [1.54, 1.807) is 12.1 Å². The van der Waals surface area contributed by atoms with Crippen molar-refractivity contribution in [1.29, 1.82) is 0 Å². The van der Waals surface area contributed by atoms with Gasteiger partial charge in [0.15, 0.2) is 0 Å². The lowest BCUT2D eigenvalue weighted by atomic mass is 9.61. The van der Waals surface area contributed by atoms with E-state index in [9.17, 15) is 4.79 Å². The summed E-state index contributed by atoms with van der Waals surface area (Å²) in [7, 11) is 0. The van der Waals surface area contributed by atoms with E-state index in [4.69, 9.17) is 22.1 Å². The molecule has 2 aromatic rings. The van der Waals surface area contributed by atoms with Crippen LogP contribution in [0.3, 0.4) is 0 Å². The first kappa shape index (κ1) is 26.7. The third kappa shape index (κ3) is 5.32. The van der Waals surface area contributed by atoms with E-state index in [-0.39, 0.29) is 29.8 Å². The lowest BCUT2D eigenvalue weighted by molar-refractivity contribution is -0.157. The van der Waals surface area contributed by atoms with Crippen LogP contribution < -0.4 is 11.1 Å². The molecule has 3 N–H and O–H groups in total. The number of esters is 1. The lowest BCUT2D eigenvalue weighted by Gasteiger charge is -2.42. The summed E-state index contributed by atoms with van der Waals surface area (Å²) >= 11 is 6.39. The van der Waals surface area contributed by atoms with Gasteiger partial charge < -0.3 is 15.8 Å². The molecule has 0 saturated carbocycles. The summed E-state index contributed by atoms with van der Waals surface area (Å²) in [6.07, 6.45) is 0.678. The van der Waals surface area contributed by atoms with Gasteiger partial charge in [-0.05, 0) is 74.4 Å². The van der Waals surface area contributed by atoms with Gasteiger partial charge in [-0.25, -0.2) is 4.39 Å². The van der Waals surface area contributed by atoms with Gasteiger partial charge in [0.1, 0.15) is 17.5 Å². The first-order valence-corrected chi connectivity index (χ1v) is 12.3. The Hall–Kier alpha value is -1.95. The highest BCUT2D eigenvalue weighted by atomic mass is 35.5. The monoisotopic (exact) mass is 488 g/mol. The second-order valence-corrected chi connectivity index (χ2v) is 12.1. The van der Waals surface area contributed by atoms with E-state index in [2.05, 4.69) is 26.1 Å². The number of carbonyl (C=O) groups excluding carboxylic acids is 1. The molecular weight excluding hydrogens is 451 g/mol. The molecule has 4 atom stereocenters. The van der Waals surface area contributed by atoms with Crippen molar-refractivity contribution >= 4 is 17.6 Å². The summed E-state index contributed by atoms with van der Waals surface area (Å²) in [4.78, 5) is 13.6. The van der Waals surface area contributed by atoms with Crippen LogP contribution >= 0.6 is 11.6 Å². The van der Waals surface area contributed by atoms with Gasteiger partial charge in [0.2, 0.25) is 0 Å². The number of benzene rings is 2. The molecule has 1 heterocycles. The van der Waals surface area contributed by atoms with Crippen LogP contribution in [0.4, 0.5) is 4.39 Å². The predicted molar refractivity (Wildman–Crippen MR) is 137 cm³/mol. The zero-order chi connectivity index (χ0) is 25.5. The van der Waals surface area contributed by atoms with Crippen LogP contribution in [0.15, 0.2) is 42.5 Å². The molecule has 0 aromatic heterocycles. The van der Waals surface area contributed by atoms with Crippen molar-refractivity contribution in [2.45, 2.75) is 83.9 Å². The largest absolute Gasteiger partial charge is 0.459 e. The Morgan fingerprint density at radius 3 is 2.35 bits per heavy atom. The van der Waals surface area contributed by atoms with Crippen LogP contribution in [-0.4, -0.2) is 30.2 Å². The van der Waals surface area contributed by atoms with E-state index >= 15 is 4.39 Å². The van der Waals surface area contributed by atoms with Crippen molar-refractivity contribution in [3.8, 4) is 0 Å². The molecule has 0 radical (unpaired) electrons. The Bertz CT molecular complexity index is 1040. The average molecular weight is 489 g/mol. The minimum absolute atomic E-state index is 0.105. The Morgan fingerprint density at radius 1 is 1.15 bits per heavy atom. The maximum absolute atomic E-state index is 15.6. The van der Waals surface area contributed by atoms with Gasteiger partial charge in [0.25, 0.3) is 0 Å². The minimum Gasteiger partial charge on any atom is -0.459 e. The van der Waals surface area contributed by atoms with Crippen molar-refractivity contribution in [1.82, 2.24) is 5.32 Å². The Morgan fingerprint density at radius 2 is 1.79 bits per heavy atom.